The molecule has 0 aliphatic heterocycles. The Balaban J connectivity index is 1.51. The van der Waals surface area contributed by atoms with Gasteiger partial charge >= 0.3 is 12.1 Å². The average Bonchev–Trinajstić information content (AvgIpc) is 3.13. The Hall–Kier alpha value is -3.35. The average molecular weight is 467 g/mol. The van der Waals surface area contributed by atoms with Crippen molar-refractivity contribution in [2.75, 3.05) is 13.2 Å². The summed E-state index contributed by atoms with van der Waals surface area (Å²) >= 11 is 0. The van der Waals surface area contributed by atoms with E-state index in [-0.39, 0.29) is 49.2 Å². The van der Waals surface area contributed by atoms with Crippen molar-refractivity contribution in [2.45, 2.75) is 52.0 Å². The quantitative estimate of drug-likeness (QED) is 0.450. The Labute approximate surface area is 200 Å². The van der Waals surface area contributed by atoms with Crippen molar-refractivity contribution < 1.29 is 24.2 Å². The third-order valence-corrected chi connectivity index (χ3v) is 6.53. The molecule has 0 heterocycles. The van der Waals surface area contributed by atoms with Crippen LogP contribution in [0.15, 0.2) is 48.5 Å². The molecule has 0 spiro atoms. The number of alkyl carbamates (subject to hydrolysis) is 1. The monoisotopic (exact) mass is 466 g/mol. The van der Waals surface area contributed by atoms with Gasteiger partial charge in [-0.1, -0.05) is 69.3 Å². The number of benzene rings is 2. The van der Waals surface area contributed by atoms with Gasteiger partial charge in [-0.3, -0.25) is 9.59 Å². The lowest BCUT2D eigenvalue weighted by molar-refractivity contribution is -0.138. The molecule has 2 atom stereocenters. The molecule has 0 aromatic heterocycles. The summed E-state index contributed by atoms with van der Waals surface area (Å²) in [6.07, 6.45) is 0.138. The number of carbonyl (C=O) groups is 3. The highest BCUT2D eigenvalue weighted by Gasteiger charge is 2.29. The van der Waals surface area contributed by atoms with E-state index in [1.165, 1.54) is 0 Å². The summed E-state index contributed by atoms with van der Waals surface area (Å²) in [5.74, 6) is -1.13. The third kappa shape index (κ3) is 6.37. The topological polar surface area (TPSA) is 105 Å². The SMILES string of the molecule is CCC(CC(=O)NCC(CC(=O)O)C(C)C)NC(=O)OCC1c2ccccc2-c2ccccc21. The van der Waals surface area contributed by atoms with Crippen molar-refractivity contribution in [1.29, 1.82) is 0 Å². The van der Waals surface area contributed by atoms with E-state index in [2.05, 4.69) is 34.9 Å². The first-order chi connectivity index (χ1) is 16.3. The zero-order valence-electron chi connectivity index (χ0n) is 20.0. The highest BCUT2D eigenvalue weighted by Crippen LogP contribution is 2.44. The second-order valence-electron chi connectivity index (χ2n) is 9.19. The molecule has 7 nitrogen and oxygen atoms in total. The van der Waals surface area contributed by atoms with E-state index >= 15 is 0 Å². The summed E-state index contributed by atoms with van der Waals surface area (Å²) in [5.41, 5.74) is 4.61. The van der Waals surface area contributed by atoms with E-state index in [4.69, 9.17) is 9.84 Å². The van der Waals surface area contributed by atoms with Crippen molar-refractivity contribution in [2.24, 2.45) is 11.8 Å². The van der Waals surface area contributed by atoms with E-state index in [0.717, 1.165) is 22.3 Å². The van der Waals surface area contributed by atoms with Gasteiger partial charge in [0.1, 0.15) is 6.61 Å². The predicted octanol–water partition coefficient (Wildman–Crippen LogP) is 4.56. The number of amides is 2. The van der Waals surface area contributed by atoms with Crippen LogP contribution in [-0.2, 0) is 14.3 Å². The second-order valence-corrected chi connectivity index (χ2v) is 9.19. The van der Waals surface area contributed by atoms with Gasteiger partial charge in [0.15, 0.2) is 0 Å². The Morgan fingerprint density at radius 2 is 1.56 bits per heavy atom. The van der Waals surface area contributed by atoms with Crippen LogP contribution in [-0.4, -0.2) is 42.3 Å². The molecule has 3 N–H and O–H groups in total. The van der Waals surface area contributed by atoms with Crippen LogP contribution in [0.2, 0.25) is 0 Å². The number of ether oxygens (including phenoxy) is 1. The van der Waals surface area contributed by atoms with Gasteiger partial charge in [-0.05, 0) is 40.5 Å². The molecule has 2 aromatic carbocycles. The minimum Gasteiger partial charge on any atom is -0.481 e. The smallest absolute Gasteiger partial charge is 0.407 e. The van der Waals surface area contributed by atoms with Gasteiger partial charge in [-0.2, -0.15) is 0 Å². The Morgan fingerprint density at radius 1 is 0.971 bits per heavy atom. The Bertz CT molecular complexity index is 974. The van der Waals surface area contributed by atoms with Gasteiger partial charge in [0.2, 0.25) is 5.91 Å². The standard InChI is InChI=1S/C27H34N2O5/c1-4-19(14-25(30)28-15-18(17(2)3)13-26(31)32)29-27(33)34-16-24-22-11-7-5-9-20(22)21-10-6-8-12-23(21)24/h5-12,17-19,24H,4,13-16H2,1-3H3,(H,28,30)(H,29,33)(H,31,32). The van der Waals surface area contributed by atoms with Gasteiger partial charge in [0.25, 0.3) is 0 Å². The maximum Gasteiger partial charge on any atom is 0.407 e. The fourth-order valence-corrected chi connectivity index (χ4v) is 4.41. The van der Waals surface area contributed by atoms with Gasteiger partial charge < -0.3 is 20.5 Å². The molecule has 34 heavy (non-hydrogen) atoms. The van der Waals surface area contributed by atoms with Crippen molar-refractivity contribution in [3.05, 3.63) is 59.7 Å². The number of fused-ring (bicyclic) bond motifs is 3. The maximum atomic E-state index is 12.5. The molecule has 7 heteroatoms. The van der Waals surface area contributed by atoms with Gasteiger partial charge in [-0.25, -0.2) is 4.79 Å². The predicted molar refractivity (Wildman–Crippen MR) is 130 cm³/mol. The maximum absolute atomic E-state index is 12.5. The first-order valence-corrected chi connectivity index (χ1v) is 11.9. The minimum atomic E-state index is -0.878. The number of aliphatic carboxylic acids is 1. The largest absolute Gasteiger partial charge is 0.481 e. The fraction of sp³-hybridized carbons (Fsp3) is 0.444. The zero-order valence-corrected chi connectivity index (χ0v) is 20.0. The number of rotatable bonds is 11. The molecule has 182 valence electrons. The van der Waals surface area contributed by atoms with Crippen LogP contribution in [0.25, 0.3) is 11.1 Å². The number of carboxylic acid groups (broad SMARTS) is 1. The third-order valence-electron chi connectivity index (χ3n) is 6.53. The second kappa shape index (κ2) is 11.7. The van der Waals surface area contributed by atoms with E-state index in [1.807, 2.05) is 45.0 Å². The molecular weight excluding hydrogens is 432 g/mol. The first-order valence-electron chi connectivity index (χ1n) is 11.9. The number of carboxylic acids is 1. The van der Waals surface area contributed by atoms with Crippen molar-refractivity contribution in [3.63, 3.8) is 0 Å². The zero-order chi connectivity index (χ0) is 24.7. The lowest BCUT2D eigenvalue weighted by atomic mass is 9.92. The molecule has 2 unspecified atom stereocenters. The molecule has 1 aliphatic rings. The van der Waals surface area contributed by atoms with Gasteiger partial charge in [0.05, 0.1) is 6.42 Å². The molecule has 0 radical (unpaired) electrons. The number of nitrogens with one attached hydrogen (secondary N) is 2. The van der Waals surface area contributed by atoms with Crippen LogP contribution in [0.1, 0.15) is 57.1 Å². The van der Waals surface area contributed by atoms with Crippen LogP contribution in [0.5, 0.6) is 0 Å². The summed E-state index contributed by atoms with van der Waals surface area (Å²) in [5, 5.41) is 14.7. The molecule has 2 aromatic rings. The molecule has 1 aliphatic carbocycles. The normalized spacial score (nSPS) is 14.1. The molecule has 2 amide bonds. The van der Waals surface area contributed by atoms with Gasteiger partial charge in [-0.15, -0.1) is 0 Å². The molecule has 3 rings (SSSR count). The van der Waals surface area contributed by atoms with Crippen molar-refractivity contribution >= 4 is 18.0 Å². The summed E-state index contributed by atoms with van der Waals surface area (Å²) in [7, 11) is 0. The molecule has 0 saturated heterocycles. The fourth-order valence-electron chi connectivity index (χ4n) is 4.41. The Morgan fingerprint density at radius 3 is 2.09 bits per heavy atom. The number of carbonyl (C=O) groups excluding carboxylic acids is 2. The van der Waals surface area contributed by atoms with Crippen LogP contribution in [0.3, 0.4) is 0 Å². The van der Waals surface area contributed by atoms with E-state index in [9.17, 15) is 14.4 Å². The molecule has 0 bridgehead atoms. The van der Waals surface area contributed by atoms with Gasteiger partial charge in [0, 0.05) is 24.9 Å². The summed E-state index contributed by atoms with van der Waals surface area (Å²) in [4.78, 5) is 35.9. The van der Waals surface area contributed by atoms with E-state index in [1.54, 1.807) is 0 Å². The first kappa shape index (κ1) is 25.3. The summed E-state index contributed by atoms with van der Waals surface area (Å²) < 4.78 is 5.58. The van der Waals surface area contributed by atoms with Crippen LogP contribution < -0.4 is 10.6 Å². The minimum absolute atomic E-state index is 0.00710. The molecular formula is C27H34N2O5. The Kier molecular flexibility index (Phi) is 8.68. The lowest BCUT2D eigenvalue weighted by Crippen LogP contribution is -2.41. The van der Waals surface area contributed by atoms with Crippen LogP contribution in [0, 0.1) is 11.8 Å². The van der Waals surface area contributed by atoms with Crippen LogP contribution in [0.4, 0.5) is 4.79 Å². The molecule has 0 fully saturated rings. The van der Waals surface area contributed by atoms with E-state index in [0.29, 0.717) is 13.0 Å². The lowest BCUT2D eigenvalue weighted by Gasteiger charge is -2.21. The van der Waals surface area contributed by atoms with Crippen molar-refractivity contribution in [1.82, 2.24) is 10.6 Å². The van der Waals surface area contributed by atoms with Crippen LogP contribution >= 0.6 is 0 Å². The highest BCUT2D eigenvalue weighted by atomic mass is 16.5. The number of hydrogen-bond donors (Lipinski definition) is 3. The summed E-state index contributed by atoms with van der Waals surface area (Å²) in [6, 6.07) is 15.9. The number of hydrogen-bond acceptors (Lipinski definition) is 4. The van der Waals surface area contributed by atoms with E-state index < -0.39 is 12.1 Å². The summed E-state index contributed by atoms with van der Waals surface area (Å²) in [6.45, 7) is 6.28. The van der Waals surface area contributed by atoms with Crippen molar-refractivity contribution in [3.8, 4) is 11.1 Å². The molecule has 0 saturated carbocycles. The highest BCUT2D eigenvalue weighted by molar-refractivity contribution is 5.79.